The molecule has 124 valence electrons. The van der Waals surface area contributed by atoms with E-state index in [-0.39, 0.29) is 23.2 Å². The Balaban J connectivity index is 1.54. The molecule has 1 aliphatic heterocycles. The first-order valence-corrected chi connectivity index (χ1v) is 10.6. The summed E-state index contributed by atoms with van der Waals surface area (Å²) >= 11 is 2.62. The fourth-order valence-corrected chi connectivity index (χ4v) is 5.68. The van der Waals surface area contributed by atoms with Gasteiger partial charge in [-0.25, -0.2) is 8.42 Å². The second-order valence-corrected chi connectivity index (χ2v) is 9.65. The van der Waals surface area contributed by atoms with Gasteiger partial charge in [0.25, 0.3) is 11.1 Å². The van der Waals surface area contributed by atoms with E-state index in [2.05, 4.69) is 15.5 Å². The highest BCUT2D eigenvalue weighted by Gasteiger charge is 2.39. The lowest BCUT2D eigenvalue weighted by atomic mass is 10.0. The van der Waals surface area contributed by atoms with Gasteiger partial charge in [-0.3, -0.25) is 4.79 Å². The molecule has 0 bridgehead atoms. The fraction of sp³-hybridized carbons (Fsp3) is 0.462. The normalized spacial score (nSPS) is 23.0. The summed E-state index contributed by atoms with van der Waals surface area (Å²) in [6.45, 7) is 1.75. The molecule has 0 unspecified atom stereocenters. The van der Waals surface area contributed by atoms with Crippen molar-refractivity contribution >= 4 is 38.8 Å². The molecule has 1 atom stereocenters. The average Bonchev–Trinajstić information content (AvgIpc) is 3.17. The van der Waals surface area contributed by atoms with Crippen molar-refractivity contribution in [2.24, 2.45) is 0 Å². The van der Waals surface area contributed by atoms with Crippen molar-refractivity contribution in [1.82, 2.24) is 15.5 Å². The third kappa shape index (κ3) is 4.12. The topological polar surface area (TPSA) is 102 Å². The first-order chi connectivity index (χ1) is 10.9. The molecule has 0 aromatic carbocycles. The van der Waals surface area contributed by atoms with Crippen molar-refractivity contribution < 1.29 is 17.6 Å². The van der Waals surface area contributed by atoms with Crippen molar-refractivity contribution in [3.8, 4) is 10.8 Å². The molecule has 1 N–H and O–H groups in total. The molecule has 10 heteroatoms. The van der Waals surface area contributed by atoms with E-state index in [1.54, 1.807) is 6.92 Å². The van der Waals surface area contributed by atoms with Crippen molar-refractivity contribution in [3.63, 3.8) is 0 Å². The lowest BCUT2D eigenvalue weighted by Gasteiger charge is -2.23. The van der Waals surface area contributed by atoms with Crippen molar-refractivity contribution in [2.45, 2.75) is 24.1 Å². The average molecular weight is 373 g/mol. The monoisotopic (exact) mass is 373 g/mol. The van der Waals surface area contributed by atoms with Gasteiger partial charge in [0.15, 0.2) is 9.84 Å². The number of hydrogen-bond donors (Lipinski definition) is 1. The Hall–Kier alpha value is -1.39. The number of nitrogens with zero attached hydrogens (tertiary/aromatic N) is 2. The molecule has 23 heavy (non-hydrogen) atoms. The van der Waals surface area contributed by atoms with Crippen LogP contribution >= 0.6 is 23.1 Å². The van der Waals surface area contributed by atoms with E-state index in [1.807, 2.05) is 17.5 Å². The van der Waals surface area contributed by atoms with Gasteiger partial charge in [-0.1, -0.05) is 17.8 Å². The van der Waals surface area contributed by atoms with Gasteiger partial charge in [0.1, 0.15) is 0 Å². The Labute approximate surface area is 141 Å². The molecule has 7 nitrogen and oxygen atoms in total. The van der Waals surface area contributed by atoms with E-state index in [0.717, 1.165) is 16.6 Å². The Morgan fingerprint density at radius 2 is 2.35 bits per heavy atom. The molecule has 0 aliphatic carbocycles. The van der Waals surface area contributed by atoms with Crippen molar-refractivity contribution in [2.75, 3.05) is 17.3 Å². The Morgan fingerprint density at radius 1 is 1.52 bits per heavy atom. The summed E-state index contributed by atoms with van der Waals surface area (Å²) in [5.41, 5.74) is -0.687. The maximum atomic E-state index is 12.0. The molecule has 0 saturated carbocycles. The number of amides is 1. The van der Waals surface area contributed by atoms with Gasteiger partial charge in [0.2, 0.25) is 5.91 Å². The second-order valence-electron chi connectivity index (χ2n) is 5.59. The van der Waals surface area contributed by atoms with Gasteiger partial charge in [-0.2, -0.15) is 0 Å². The smallest absolute Gasteiger partial charge is 0.277 e. The maximum Gasteiger partial charge on any atom is 0.277 e. The first kappa shape index (κ1) is 16.5. The van der Waals surface area contributed by atoms with Gasteiger partial charge in [0, 0.05) is 0 Å². The van der Waals surface area contributed by atoms with Crippen LogP contribution in [0.1, 0.15) is 13.3 Å². The van der Waals surface area contributed by atoms with Gasteiger partial charge >= 0.3 is 0 Å². The minimum absolute atomic E-state index is 0.0144. The minimum atomic E-state index is -3.05. The van der Waals surface area contributed by atoms with Crippen LogP contribution in [0.5, 0.6) is 0 Å². The van der Waals surface area contributed by atoms with E-state index < -0.39 is 15.4 Å². The SMILES string of the molecule is C[C@@]1(NC(=O)CSc2nnc(-c3cccs3)o2)CCS(=O)(=O)C1. The van der Waals surface area contributed by atoms with Crippen LogP contribution in [0.2, 0.25) is 0 Å². The third-order valence-electron chi connectivity index (χ3n) is 3.41. The number of thioether (sulfide) groups is 1. The summed E-state index contributed by atoms with van der Waals surface area (Å²) in [5, 5.41) is 12.8. The number of nitrogens with one attached hydrogen (secondary N) is 1. The Kier molecular flexibility index (Phi) is 4.47. The highest BCUT2D eigenvalue weighted by Crippen LogP contribution is 2.27. The van der Waals surface area contributed by atoms with Crippen LogP contribution in [-0.4, -0.2) is 47.3 Å². The summed E-state index contributed by atoms with van der Waals surface area (Å²) < 4.78 is 28.5. The highest BCUT2D eigenvalue weighted by atomic mass is 32.2. The fourth-order valence-electron chi connectivity index (χ4n) is 2.38. The molecule has 0 radical (unpaired) electrons. The molecule has 1 fully saturated rings. The molecule has 1 aliphatic rings. The predicted octanol–water partition coefficient (Wildman–Crippen LogP) is 1.58. The first-order valence-electron chi connectivity index (χ1n) is 6.87. The summed E-state index contributed by atoms with van der Waals surface area (Å²) in [5.74, 6) is 0.383. The van der Waals surface area contributed by atoms with Crippen LogP contribution in [0.15, 0.2) is 27.2 Å². The zero-order chi connectivity index (χ0) is 16.5. The largest absolute Gasteiger partial charge is 0.410 e. The zero-order valence-corrected chi connectivity index (χ0v) is 14.8. The second kappa shape index (κ2) is 6.25. The number of hydrogen-bond acceptors (Lipinski definition) is 8. The van der Waals surface area contributed by atoms with E-state index in [0.29, 0.717) is 17.5 Å². The van der Waals surface area contributed by atoms with E-state index in [9.17, 15) is 13.2 Å². The van der Waals surface area contributed by atoms with Crippen LogP contribution in [0.4, 0.5) is 0 Å². The Morgan fingerprint density at radius 3 is 3.00 bits per heavy atom. The molecule has 0 spiro atoms. The predicted molar refractivity (Wildman–Crippen MR) is 88.2 cm³/mol. The number of sulfone groups is 1. The number of rotatable bonds is 5. The van der Waals surface area contributed by atoms with Gasteiger partial charge < -0.3 is 9.73 Å². The number of thiophene rings is 1. The van der Waals surface area contributed by atoms with Crippen LogP contribution in [-0.2, 0) is 14.6 Å². The lowest BCUT2D eigenvalue weighted by Crippen LogP contribution is -2.47. The highest BCUT2D eigenvalue weighted by molar-refractivity contribution is 7.99. The number of carbonyl (C=O) groups is 1. The molecule has 1 amide bonds. The molecule has 1 saturated heterocycles. The van der Waals surface area contributed by atoms with Crippen molar-refractivity contribution in [3.05, 3.63) is 17.5 Å². The lowest BCUT2D eigenvalue weighted by molar-refractivity contribution is -0.120. The third-order valence-corrected chi connectivity index (χ3v) is 6.99. The zero-order valence-electron chi connectivity index (χ0n) is 12.3. The molecular formula is C13H15N3O4S3. The van der Waals surface area contributed by atoms with Crippen LogP contribution < -0.4 is 5.32 Å². The maximum absolute atomic E-state index is 12.0. The van der Waals surface area contributed by atoms with Gasteiger partial charge in [-0.05, 0) is 24.8 Å². The van der Waals surface area contributed by atoms with Crippen LogP contribution in [0.3, 0.4) is 0 Å². The van der Waals surface area contributed by atoms with E-state index in [1.165, 1.54) is 11.3 Å². The standard InChI is InChI=1S/C13H15N3O4S3/c1-13(4-6-23(18,19)8-13)14-10(17)7-22-12-16-15-11(20-12)9-3-2-5-21-9/h2-3,5H,4,6-8H2,1H3,(H,14,17)/t13-/m1/s1. The quantitative estimate of drug-likeness (QED) is 0.794. The van der Waals surface area contributed by atoms with E-state index in [4.69, 9.17) is 4.42 Å². The summed E-state index contributed by atoms with van der Waals surface area (Å²) in [4.78, 5) is 12.9. The summed E-state index contributed by atoms with van der Waals surface area (Å²) in [6, 6.07) is 3.77. The Bertz CT molecular complexity index is 800. The summed E-state index contributed by atoms with van der Waals surface area (Å²) in [7, 11) is -3.05. The van der Waals surface area contributed by atoms with Crippen molar-refractivity contribution in [1.29, 1.82) is 0 Å². The minimum Gasteiger partial charge on any atom is -0.410 e. The molecule has 3 rings (SSSR count). The van der Waals surface area contributed by atoms with Crippen LogP contribution in [0, 0.1) is 0 Å². The molecule has 3 heterocycles. The number of aromatic nitrogens is 2. The molecule has 2 aromatic rings. The van der Waals surface area contributed by atoms with E-state index >= 15 is 0 Å². The molecular weight excluding hydrogens is 358 g/mol. The molecule has 2 aromatic heterocycles. The summed E-state index contributed by atoms with van der Waals surface area (Å²) in [6.07, 6.45) is 0.439. The van der Waals surface area contributed by atoms with Gasteiger partial charge in [-0.15, -0.1) is 21.5 Å². The number of carbonyl (C=O) groups excluding carboxylic acids is 1. The van der Waals surface area contributed by atoms with Gasteiger partial charge in [0.05, 0.1) is 27.7 Å². The van der Waals surface area contributed by atoms with Crippen LogP contribution in [0.25, 0.3) is 10.8 Å².